The Bertz CT molecular complexity index is 1260. The summed E-state index contributed by atoms with van der Waals surface area (Å²) in [6, 6.07) is 41.1. The fourth-order valence-corrected chi connectivity index (χ4v) is 3.55. The van der Waals surface area contributed by atoms with E-state index in [9.17, 15) is 0 Å². The molecule has 4 aromatic carbocycles. The zero-order valence-electron chi connectivity index (χ0n) is 18.5. The maximum absolute atomic E-state index is 6.74. The molecule has 0 radical (unpaired) electrons. The molecule has 160 valence electrons. The Kier molecular flexibility index (Phi) is 7.49. The molecule has 2 N–H and O–H groups in total. The lowest BCUT2D eigenvalue weighted by Gasteiger charge is -2.12. The van der Waals surface area contributed by atoms with Crippen molar-refractivity contribution in [3.05, 3.63) is 167 Å². The third-order valence-corrected chi connectivity index (χ3v) is 5.23. The number of hydrogen-bond acceptors (Lipinski definition) is 1. The molecule has 1 heteroatoms. The Balaban J connectivity index is 1.85. The second kappa shape index (κ2) is 11.3. The Morgan fingerprint density at radius 3 is 1.33 bits per heavy atom. The lowest BCUT2D eigenvalue weighted by atomic mass is 9.95. The summed E-state index contributed by atoms with van der Waals surface area (Å²) in [5, 5.41) is 0. The predicted octanol–water partition coefficient (Wildman–Crippen LogP) is 7.87. The van der Waals surface area contributed by atoms with Gasteiger partial charge in [-0.2, -0.15) is 0 Å². The Hall–Kier alpha value is -4.36. The monoisotopic (exact) mass is 425 g/mol. The van der Waals surface area contributed by atoms with Crippen LogP contribution in [0.4, 0.5) is 0 Å². The van der Waals surface area contributed by atoms with E-state index < -0.39 is 0 Å². The van der Waals surface area contributed by atoms with Gasteiger partial charge in [-0.25, -0.2) is 0 Å². The van der Waals surface area contributed by atoms with Crippen molar-refractivity contribution >= 4 is 24.3 Å². The summed E-state index contributed by atoms with van der Waals surface area (Å²) in [6.07, 6.45) is 10.6. The van der Waals surface area contributed by atoms with E-state index >= 15 is 0 Å². The van der Waals surface area contributed by atoms with Crippen LogP contribution >= 0.6 is 0 Å². The highest BCUT2D eigenvalue weighted by molar-refractivity contribution is 5.78. The SMILES string of the molecule is NC(=Cc1ccccc1)C(=Cc1ccccc1)C(C=Cc1ccccc1)=Cc1ccccc1. The fraction of sp³-hybridized carbons (Fsp3) is 0. The van der Waals surface area contributed by atoms with Crippen molar-refractivity contribution in [1.82, 2.24) is 0 Å². The maximum Gasteiger partial charge on any atom is 0.0399 e. The predicted molar refractivity (Wildman–Crippen MR) is 143 cm³/mol. The smallest absolute Gasteiger partial charge is 0.0399 e. The molecule has 1 nitrogen and oxygen atoms in total. The summed E-state index contributed by atoms with van der Waals surface area (Å²) in [5.41, 5.74) is 13.9. The van der Waals surface area contributed by atoms with Crippen LogP contribution in [-0.4, -0.2) is 0 Å². The van der Waals surface area contributed by atoms with Crippen molar-refractivity contribution < 1.29 is 0 Å². The average Bonchev–Trinajstić information content (AvgIpc) is 2.88. The molecule has 0 saturated carbocycles. The van der Waals surface area contributed by atoms with Gasteiger partial charge in [-0.3, -0.25) is 0 Å². The van der Waals surface area contributed by atoms with Crippen LogP contribution in [0.2, 0.25) is 0 Å². The van der Waals surface area contributed by atoms with Crippen LogP contribution in [0.25, 0.3) is 24.3 Å². The third-order valence-electron chi connectivity index (χ3n) is 5.23. The first-order valence-electron chi connectivity index (χ1n) is 11.1. The molecule has 0 aliphatic heterocycles. The summed E-state index contributed by atoms with van der Waals surface area (Å²) in [4.78, 5) is 0. The highest BCUT2D eigenvalue weighted by Gasteiger charge is 2.08. The number of rotatable bonds is 7. The zero-order valence-corrected chi connectivity index (χ0v) is 18.5. The first kappa shape index (κ1) is 21.9. The first-order chi connectivity index (χ1) is 16.3. The number of nitrogens with two attached hydrogens (primary N) is 1. The second-order valence-corrected chi connectivity index (χ2v) is 7.73. The van der Waals surface area contributed by atoms with Gasteiger partial charge in [-0.15, -0.1) is 0 Å². The van der Waals surface area contributed by atoms with E-state index in [4.69, 9.17) is 5.73 Å². The standard InChI is InChI=1S/C32H27N/c33-32(25-29-19-11-4-12-20-29)31(24-28-17-9-3-10-18-28)30(23-27-15-7-2-8-16-27)22-21-26-13-5-1-6-14-26/h1-25H,33H2. The van der Waals surface area contributed by atoms with Gasteiger partial charge in [0.05, 0.1) is 0 Å². The van der Waals surface area contributed by atoms with Crippen LogP contribution in [0.1, 0.15) is 22.3 Å². The molecule has 0 spiro atoms. The van der Waals surface area contributed by atoms with Crippen molar-refractivity contribution in [2.75, 3.05) is 0 Å². The molecule has 0 unspecified atom stereocenters. The Labute approximate surface area is 196 Å². The van der Waals surface area contributed by atoms with E-state index in [-0.39, 0.29) is 0 Å². The van der Waals surface area contributed by atoms with E-state index in [1.807, 2.05) is 78.9 Å². The van der Waals surface area contributed by atoms with Gasteiger partial charge in [0.1, 0.15) is 0 Å². The summed E-state index contributed by atoms with van der Waals surface area (Å²) in [6.45, 7) is 0. The second-order valence-electron chi connectivity index (χ2n) is 7.73. The number of hydrogen-bond donors (Lipinski definition) is 1. The molecule has 33 heavy (non-hydrogen) atoms. The molecule has 0 amide bonds. The van der Waals surface area contributed by atoms with Crippen molar-refractivity contribution in [1.29, 1.82) is 0 Å². The number of allylic oxidation sites excluding steroid dienone is 2. The lowest BCUT2D eigenvalue weighted by Crippen LogP contribution is -2.03. The van der Waals surface area contributed by atoms with Gasteiger partial charge in [0.25, 0.3) is 0 Å². The normalized spacial score (nSPS) is 12.8. The quantitative estimate of drug-likeness (QED) is 0.300. The summed E-state index contributed by atoms with van der Waals surface area (Å²) < 4.78 is 0. The fourth-order valence-electron chi connectivity index (χ4n) is 3.55. The van der Waals surface area contributed by atoms with Crippen molar-refractivity contribution in [2.24, 2.45) is 5.73 Å². The molecular weight excluding hydrogens is 398 g/mol. The van der Waals surface area contributed by atoms with Crippen LogP contribution in [0, 0.1) is 0 Å². The highest BCUT2D eigenvalue weighted by Crippen LogP contribution is 2.26. The van der Waals surface area contributed by atoms with Crippen LogP contribution in [0.3, 0.4) is 0 Å². The minimum atomic E-state index is 0.713. The molecule has 0 atom stereocenters. The largest absolute Gasteiger partial charge is 0.398 e. The maximum atomic E-state index is 6.74. The van der Waals surface area contributed by atoms with Crippen LogP contribution in [-0.2, 0) is 0 Å². The topological polar surface area (TPSA) is 26.0 Å². The van der Waals surface area contributed by atoms with E-state index in [0.29, 0.717) is 5.70 Å². The van der Waals surface area contributed by atoms with E-state index in [1.54, 1.807) is 0 Å². The Morgan fingerprint density at radius 2 is 0.848 bits per heavy atom. The molecule has 4 rings (SSSR count). The van der Waals surface area contributed by atoms with Gasteiger partial charge in [-0.05, 0) is 46.1 Å². The minimum Gasteiger partial charge on any atom is -0.398 e. The van der Waals surface area contributed by atoms with Gasteiger partial charge < -0.3 is 5.73 Å². The van der Waals surface area contributed by atoms with Gasteiger partial charge in [0.15, 0.2) is 0 Å². The van der Waals surface area contributed by atoms with Gasteiger partial charge in [0.2, 0.25) is 0 Å². The van der Waals surface area contributed by atoms with Crippen LogP contribution in [0.15, 0.2) is 144 Å². The minimum absolute atomic E-state index is 0.713. The molecule has 0 heterocycles. The van der Waals surface area contributed by atoms with Gasteiger partial charge in [0, 0.05) is 11.3 Å². The summed E-state index contributed by atoms with van der Waals surface area (Å²) >= 11 is 0. The van der Waals surface area contributed by atoms with Crippen molar-refractivity contribution in [3.63, 3.8) is 0 Å². The third kappa shape index (κ3) is 6.56. The Morgan fingerprint density at radius 1 is 0.455 bits per heavy atom. The van der Waals surface area contributed by atoms with Crippen molar-refractivity contribution in [2.45, 2.75) is 0 Å². The molecule has 0 aromatic heterocycles. The van der Waals surface area contributed by atoms with Crippen molar-refractivity contribution in [3.8, 4) is 0 Å². The highest BCUT2D eigenvalue weighted by atomic mass is 14.6. The molecular formula is C32H27N. The van der Waals surface area contributed by atoms with Crippen LogP contribution in [0.5, 0.6) is 0 Å². The zero-order chi connectivity index (χ0) is 22.7. The van der Waals surface area contributed by atoms with Gasteiger partial charge in [-0.1, -0.05) is 133 Å². The summed E-state index contributed by atoms with van der Waals surface area (Å²) in [5.74, 6) is 0. The molecule has 0 aliphatic carbocycles. The molecule has 0 fully saturated rings. The molecule has 0 aliphatic rings. The van der Waals surface area contributed by atoms with Crippen LogP contribution < -0.4 is 5.73 Å². The van der Waals surface area contributed by atoms with Gasteiger partial charge >= 0.3 is 0 Å². The van der Waals surface area contributed by atoms with E-state index in [0.717, 1.165) is 33.4 Å². The molecule has 0 bridgehead atoms. The average molecular weight is 426 g/mol. The molecule has 4 aromatic rings. The molecule has 0 saturated heterocycles. The summed E-state index contributed by atoms with van der Waals surface area (Å²) in [7, 11) is 0. The first-order valence-corrected chi connectivity index (χ1v) is 11.1. The number of benzene rings is 4. The van der Waals surface area contributed by atoms with E-state index in [2.05, 4.69) is 72.8 Å². The van der Waals surface area contributed by atoms with E-state index in [1.165, 1.54) is 0 Å². The lowest BCUT2D eigenvalue weighted by molar-refractivity contribution is 1.36.